The fourth-order valence-electron chi connectivity index (χ4n) is 5.01. The zero-order valence-electron chi connectivity index (χ0n) is 26.6. The summed E-state index contributed by atoms with van der Waals surface area (Å²) in [6.45, 7) is 5.42. The Labute approximate surface area is 290 Å². The number of carbonyl (C=O) groups excluding carboxylic acids is 2. The predicted molar refractivity (Wildman–Crippen MR) is 190 cm³/mol. The number of benzene rings is 4. The van der Waals surface area contributed by atoms with E-state index < -0.39 is 28.5 Å². The van der Waals surface area contributed by atoms with Gasteiger partial charge < -0.3 is 15.0 Å². The summed E-state index contributed by atoms with van der Waals surface area (Å²) in [6, 6.07) is 28.3. The summed E-state index contributed by atoms with van der Waals surface area (Å²) in [5.41, 5.74) is 1.82. The molecule has 1 N–H and O–H groups in total. The molecule has 0 aliphatic rings. The van der Waals surface area contributed by atoms with Gasteiger partial charge >= 0.3 is 0 Å². The van der Waals surface area contributed by atoms with E-state index >= 15 is 0 Å². The number of sulfonamides is 1. The maximum Gasteiger partial charge on any atom is 0.264 e. The number of hydrogen-bond acceptors (Lipinski definition) is 5. The van der Waals surface area contributed by atoms with E-state index in [9.17, 15) is 18.0 Å². The van der Waals surface area contributed by atoms with E-state index in [0.29, 0.717) is 17.2 Å². The van der Waals surface area contributed by atoms with Crippen molar-refractivity contribution in [2.24, 2.45) is 0 Å². The van der Waals surface area contributed by atoms with Gasteiger partial charge in [-0.1, -0.05) is 89.1 Å². The third-order valence-electron chi connectivity index (χ3n) is 7.63. The Balaban J connectivity index is 1.84. The lowest BCUT2D eigenvalue weighted by atomic mass is 10.0. The first kappa shape index (κ1) is 36.0. The van der Waals surface area contributed by atoms with Gasteiger partial charge in [-0.15, -0.1) is 0 Å². The van der Waals surface area contributed by atoms with Crippen LogP contribution in [0.2, 0.25) is 5.02 Å². The fraction of sp³-hybridized carbons (Fsp3) is 0.278. The number of halogens is 2. The van der Waals surface area contributed by atoms with Gasteiger partial charge in [0.05, 0.1) is 17.2 Å². The molecule has 0 bridgehead atoms. The molecule has 11 heteroatoms. The Bertz CT molecular complexity index is 1760. The summed E-state index contributed by atoms with van der Waals surface area (Å²) in [5.74, 6) is -0.586. The Morgan fingerprint density at radius 1 is 0.894 bits per heavy atom. The first-order valence-corrected chi connectivity index (χ1v) is 18.0. The molecule has 2 amide bonds. The average molecular weight is 741 g/mol. The van der Waals surface area contributed by atoms with E-state index in [1.807, 2.05) is 68.4 Å². The molecule has 0 aliphatic heterocycles. The van der Waals surface area contributed by atoms with Crippen molar-refractivity contribution in [2.45, 2.75) is 57.1 Å². The van der Waals surface area contributed by atoms with Crippen molar-refractivity contribution in [2.75, 3.05) is 17.5 Å². The van der Waals surface area contributed by atoms with E-state index in [1.54, 1.807) is 31.2 Å². The number of rotatable bonds is 15. The van der Waals surface area contributed by atoms with Crippen molar-refractivity contribution in [3.63, 3.8) is 0 Å². The lowest BCUT2D eigenvalue weighted by Crippen LogP contribution is -2.54. The maximum absolute atomic E-state index is 14.7. The van der Waals surface area contributed by atoms with Gasteiger partial charge in [-0.3, -0.25) is 13.9 Å². The number of ether oxygens (including phenoxy) is 1. The molecule has 0 saturated carbocycles. The second-order valence-electron chi connectivity index (χ2n) is 11.0. The smallest absolute Gasteiger partial charge is 0.264 e. The molecule has 0 spiro atoms. The molecule has 248 valence electrons. The predicted octanol–water partition coefficient (Wildman–Crippen LogP) is 7.25. The first-order chi connectivity index (χ1) is 22.5. The summed E-state index contributed by atoms with van der Waals surface area (Å²) in [6.07, 6.45) is 0.924. The topological polar surface area (TPSA) is 96.0 Å². The van der Waals surface area contributed by atoms with E-state index in [4.69, 9.17) is 16.3 Å². The number of hydrogen-bond donors (Lipinski definition) is 1. The quantitative estimate of drug-likeness (QED) is 0.139. The van der Waals surface area contributed by atoms with E-state index in [2.05, 4.69) is 21.2 Å². The minimum absolute atomic E-state index is 0.0464. The van der Waals surface area contributed by atoms with Crippen molar-refractivity contribution >= 4 is 55.1 Å². The molecule has 4 aromatic carbocycles. The molecule has 0 aliphatic carbocycles. The highest BCUT2D eigenvalue weighted by Gasteiger charge is 2.36. The van der Waals surface area contributed by atoms with Crippen LogP contribution in [0.4, 0.5) is 5.69 Å². The van der Waals surface area contributed by atoms with Gasteiger partial charge in [0, 0.05) is 28.5 Å². The van der Waals surface area contributed by atoms with Gasteiger partial charge in [0.15, 0.2) is 0 Å². The van der Waals surface area contributed by atoms with Gasteiger partial charge in [0.2, 0.25) is 11.8 Å². The molecular weight excluding hydrogens is 702 g/mol. The Hall–Kier alpha value is -3.86. The van der Waals surface area contributed by atoms with Crippen LogP contribution in [0.5, 0.6) is 5.75 Å². The second kappa shape index (κ2) is 16.8. The van der Waals surface area contributed by atoms with E-state index in [0.717, 1.165) is 19.9 Å². The number of carbonyl (C=O) groups is 2. The van der Waals surface area contributed by atoms with Crippen LogP contribution in [-0.2, 0) is 32.6 Å². The van der Waals surface area contributed by atoms with Crippen molar-refractivity contribution in [1.29, 1.82) is 0 Å². The Kier molecular flexibility index (Phi) is 12.9. The summed E-state index contributed by atoms with van der Waals surface area (Å²) in [4.78, 5) is 30.1. The Morgan fingerprint density at radius 3 is 2.21 bits per heavy atom. The molecular formula is C36H39BrClN3O5S. The lowest BCUT2D eigenvalue weighted by molar-refractivity contribution is -0.140. The second-order valence-corrected chi connectivity index (χ2v) is 14.3. The molecule has 0 radical (unpaired) electrons. The molecule has 4 aromatic rings. The summed E-state index contributed by atoms with van der Waals surface area (Å²) < 4.78 is 36.3. The van der Waals surface area contributed by atoms with Crippen molar-refractivity contribution in [3.8, 4) is 5.75 Å². The lowest BCUT2D eigenvalue weighted by Gasteiger charge is -2.34. The van der Waals surface area contributed by atoms with Crippen LogP contribution in [-0.4, -0.2) is 50.4 Å². The zero-order valence-corrected chi connectivity index (χ0v) is 29.8. The van der Waals surface area contributed by atoms with Crippen LogP contribution >= 0.6 is 27.5 Å². The third kappa shape index (κ3) is 9.59. The molecule has 2 atom stereocenters. The van der Waals surface area contributed by atoms with Crippen LogP contribution in [0, 0.1) is 0 Å². The molecule has 8 nitrogen and oxygen atoms in total. The summed E-state index contributed by atoms with van der Waals surface area (Å²) in [5, 5.41) is 3.42. The number of anilines is 1. The number of nitrogens with one attached hydrogen (secondary N) is 1. The highest BCUT2D eigenvalue weighted by Crippen LogP contribution is 2.33. The Morgan fingerprint density at radius 2 is 1.55 bits per heavy atom. The van der Waals surface area contributed by atoms with Crippen molar-refractivity contribution < 1.29 is 22.7 Å². The molecule has 0 fully saturated rings. The van der Waals surface area contributed by atoms with Gasteiger partial charge in [-0.25, -0.2) is 8.42 Å². The SMILES string of the molecule is CCOc1ccccc1N(CC(=O)N(Cc1cccc(Br)c1)[C@@H](Cc1ccccc1)C(=O)N[C@H](C)CC)S(=O)(=O)c1ccc(Cl)cc1. The average Bonchev–Trinajstić information content (AvgIpc) is 3.06. The number of nitrogens with zero attached hydrogens (tertiary/aromatic N) is 2. The van der Waals surface area contributed by atoms with Gasteiger partial charge in [-0.05, 0) is 79.9 Å². The minimum atomic E-state index is -4.31. The highest BCUT2D eigenvalue weighted by atomic mass is 79.9. The van der Waals surface area contributed by atoms with E-state index in [1.165, 1.54) is 29.2 Å². The van der Waals surface area contributed by atoms with Gasteiger partial charge in [0.1, 0.15) is 18.3 Å². The third-order valence-corrected chi connectivity index (χ3v) is 10.1. The zero-order chi connectivity index (χ0) is 34.0. The monoisotopic (exact) mass is 739 g/mol. The standard InChI is InChI=1S/C36H39BrClN3O5S/c1-4-26(3)39-36(43)33(23-27-12-7-6-8-13-27)40(24-28-14-11-15-29(37)22-28)35(42)25-41(32-16-9-10-17-34(32)46-5-2)47(44,45)31-20-18-30(38)19-21-31/h6-22,26,33H,4-5,23-25H2,1-3H3,(H,39,43)/t26-,33+/m1/s1. The molecule has 0 heterocycles. The minimum Gasteiger partial charge on any atom is -0.492 e. The number of para-hydroxylation sites is 2. The van der Waals surface area contributed by atoms with Crippen LogP contribution in [0.15, 0.2) is 112 Å². The van der Waals surface area contributed by atoms with Crippen molar-refractivity contribution in [1.82, 2.24) is 10.2 Å². The summed E-state index contributed by atoms with van der Waals surface area (Å²) >= 11 is 9.59. The molecule has 0 saturated heterocycles. The maximum atomic E-state index is 14.7. The molecule has 47 heavy (non-hydrogen) atoms. The normalized spacial score (nSPS) is 12.5. The fourth-order valence-corrected chi connectivity index (χ4v) is 7.01. The molecule has 4 rings (SSSR count). The van der Waals surface area contributed by atoms with Gasteiger partial charge in [0.25, 0.3) is 10.0 Å². The molecule has 0 unspecified atom stereocenters. The van der Waals surface area contributed by atoms with Gasteiger partial charge in [-0.2, -0.15) is 0 Å². The van der Waals surface area contributed by atoms with Crippen molar-refractivity contribution in [3.05, 3.63) is 124 Å². The van der Waals surface area contributed by atoms with Crippen LogP contribution in [0.25, 0.3) is 0 Å². The number of amides is 2. The largest absolute Gasteiger partial charge is 0.492 e. The first-order valence-electron chi connectivity index (χ1n) is 15.4. The van der Waals surface area contributed by atoms with Crippen LogP contribution < -0.4 is 14.4 Å². The molecule has 0 aromatic heterocycles. The van der Waals surface area contributed by atoms with E-state index in [-0.39, 0.29) is 42.1 Å². The van der Waals surface area contributed by atoms with Crippen LogP contribution in [0.1, 0.15) is 38.3 Å². The highest BCUT2D eigenvalue weighted by molar-refractivity contribution is 9.10. The van der Waals surface area contributed by atoms with Crippen LogP contribution in [0.3, 0.4) is 0 Å². The summed E-state index contributed by atoms with van der Waals surface area (Å²) in [7, 11) is -4.31.